The van der Waals surface area contributed by atoms with Crippen LogP contribution in [0.2, 0.25) is 0 Å². The third kappa shape index (κ3) is 5.72. The Bertz CT molecular complexity index is 1480. The zero-order chi connectivity index (χ0) is 27.4. The second kappa shape index (κ2) is 11.6. The predicted molar refractivity (Wildman–Crippen MR) is 141 cm³/mol. The molecule has 0 radical (unpaired) electrons. The van der Waals surface area contributed by atoms with Gasteiger partial charge in [0.1, 0.15) is 35.4 Å². The number of hydrogen-bond donors (Lipinski definition) is 1. The Morgan fingerprint density at radius 2 is 2.05 bits per heavy atom. The molecule has 0 saturated carbocycles. The van der Waals surface area contributed by atoms with Gasteiger partial charge in [0.25, 0.3) is 0 Å². The van der Waals surface area contributed by atoms with E-state index in [1.165, 1.54) is 6.07 Å². The van der Waals surface area contributed by atoms with Gasteiger partial charge in [-0.15, -0.1) is 5.92 Å². The fourth-order valence-electron chi connectivity index (χ4n) is 5.14. The molecule has 0 spiro atoms. The molecule has 7 nitrogen and oxygen atoms in total. The number of halogens is 1. The van der Waals surface area contributed by atoms with E-state index in [4.69, 9.17) is 14.2 Å². The highest BCUT2D eigenvalue weighted by Gasteiger charge is 2.31. The molecule has 1 aliphatic carbocycles. The highest BCUT2D eigenvalue weighted by atomic mass is 19.1. The number of fused-ring (bicyclic) bond motifs is 1. The third-order valence-corrected chi connectivity index (χ3v) is 6.99. The van der Waals surface area contributed by atoms with E-state index < -0.39 is 18.0 Å². The van der Waals surface area contributed by atoms with Crippen LogP contribution in [0.25, 0.3) is 11.1 Å². The monoisotopic (exact) mass is 526 g/mol. The number of hydrogen-bond acceptors (Lipinski definition) is 6. The lowest BCUT2D eigenvalue weighted by atomic mass is 9.96. The van der Waals surface area contributed by atoms with Gasteiger partial charge in [-0.25, -0.2) is 9.37 Å². The lowest BCUT2D eigenvalue weighted by Gasteiger charge is -2.18. The summed E-state index contributed by atoms with van der Waals surface area (Å²) in [6.45, 7) is 2.77. The number of benzene rings is 2. The van der Waals surface area contributed by atoms with Crippen molar-refractivity contribution in [2.75, 3.05) is 13.2 Å². The Balaban J connectivity index is 1.38. The molecule has 0 bridgehead atoms. The number of carboxylic acid groups (broad SMARTS) is 1. The van der Waals surface area contributed by atoms with Crippen LogP contribution in [0.4, 0.5) is 4.39 Å². The average Bonchev–Trinajstić information content (AvgIpc) is 3.60. The number of aliphatic carboxylic acids is 1. The number of carboxylic acids is 1. The van der Waals surface area contributed by atoms with Gasteiger partial charge in [-0.05, 0) is 60.7 Å². The van der Waals surface area contributed by atoms with Crippen LogP contribution in [0, 0.1) is 29.0 Å². The summed E-state index contributed by atoms with van der Waals surface area (Å²) in [4.78, 5) is 15.6. The zero-order valence-electron chi connectivity index (χ0n) is 21.4. The Labute approximate surface area is 226 Å². The largest absolute Gasteiger partial charge is 0.486 e. The van der Waals surface area contributed by atoms with Crippen molar-refractivity contribution in [2.24, 2.45) is 0 Å². The van der Waals surface area contributed by atoms with Gasteiger partial charge in [0.05, 0.1) is 25.6 Å². The van der Waals surface area contributed by atoms with Crippen LogP contribution in [0.3, 0.4) is 0 Å². The van der Waals surface area contributed by atoms with Crippen LogP contribution in [-0.2, 0) is 16.0 Å². The van der Waals surface area contributed by atoms with Crippen molar-refractivity contribution in [3.05, 3.63) is 76.7 Å². The second-order valence-corrected chi connectivity index (χ2v) is 9.54. The minimum Gasteiger partial charge on any atom is -0.486 e. The van der Waals surface area contributed by atoms with Crippen molar-refractivity contribution in [1.82, 2.24) is 4.98 Å². The van der Waals surface area contributed by atoms with Gasteiger partial charge in [0.2, 0.25) is 5.88 Å². The van der Waals surface area contributed by atoms with Crippen molar-refractivity contribution < 1.29 is 28.5 Å². The summed E-state index contributed by atoms with van der Waals surface area (Å²) >= 11 is 0. The quantitative estimate of drug-likeness (QED) is 0.383. The first-order valence-corrected chi connectivity index (χ1v) is 12.8. The summed E-state index contributed by atoms with van der Waals surface area (Å²) < 4.78 is 32.5. The third-order valence-electron chi connectivity index (χ3n) is 6.99. The molecule has 1 N–H and O–H groups in total. The summed E-state index contributed by atoms with van der Waals surface area (Å²) in [6.07, 6.45) is 2.91. The maximum Gasteiger partial charge on any atom is 0.304 e. The minimum atomic E-state index is -0.917. The van der Waals surface area contributed by atoms with Crippen LogP contribution in [-0.4, -0.2) is 35.4 Å². The molecule has 0 amide bonds. The summed E-state index contributed by atoms with van der Waals surface area (Å²) in [5.41, 5.74) is 3.95. The van der Waals surface area contributed by atoms with Gasteiger partial charge in [-0.1, -0.05) is 24.1 Å². The summed E-state index contributed by atoms with van der Waals surface area (Å²) in [5.74, 6) is 4.88. The molecule has 39 heavy (non-hydrogen) atoms. The van der Waals surface area contributed by atoms with E-state index in [9.17, 15) is 15.2 Å². The molecule has 1 saturated heterocycles. The molecule has 1 aliphatic heterocycles. The van der Waals surface area contributed by atoms with Gasteiger partial charge in [-0.2, -0.15) is 5.26 Å². The number of pyridine rings is 1. The van der Waals surface area contributed by atoms with Crippen molar-refractivity contribution in [3.8, 4) is 40.7 Å². The molecule has 2 aromatic carbocycles. The maximum atomic E-state index is 15.1. The molecule has 2 aliphatic rings. The van der Waals surface area contributed by atoms with Gasteiger partial charge in [-0.3, -0.25) is 4.79 Å². The molecule has 5 rings (SSSR count). The van der Waals surface area contributed by atoms with Crippen LogP contribution < -0.4 is 9.47 Å². The molecular formula is C31H27FN2O5. The second-order valence-electron chi connectivity index (χ2n) is 9.54. The maximum absolute atomic E-state index is 15.1. The van der Waals surface area contributed by atoms with E-state index in [0.717, 1.165) is 23.1 Å². The highest BCUT2D eigenvalue weighted by Crippen LogP contribution is 2.42. The molecular weight excluding hydrogens is 499 g/mol. The van der Waals surface area contributed by atoms with E-state index in [-0.39, 0.29) is 24.2 Å². The molecule has 3 aromatic rings. The van der Waals surface area contributed by atoms with Crippen LogP contribution in [0.1, 0.15) is 60.5 Å². The lowest BCUT2D eigenvalue weighted by Crippen LogP contribution is -2.17. The molecule has 1 aromatic heterocycles. The van der Waals surface area contributed by atoms with Gasteiger partial charge in [0, 0.05) is 23.7 Å². The summed E-state index contributed by atoms with van der Waals surface area (Å²) in [5, 5.41) is 18.9. The number of nitrogens with zero attached hydrogens (tertiary/aromatic N) is 2. The Morgan fingerprint density at radius 3 is 2.74 bits per heavy atom. The fourth-order valence-corrected chi connectivity index (χ4v) is 5.14. The fraction of sp³-hybridized carbons (Fsp3) is 0.323. The topological polar surface area (TPSA) is 102 Å². The predicted octanol–water partition coefficient (Wildman–Crippen LogP) is 5.57. The molecule has 3 atom stereocenters. The SMILES string of the molecule is CC#CC(CC(=O)O)c1ccc(O[C@@H]2CCc3c(-c4cnc(OC5CCOC5)c(C#N)c4)ccc(F)c32)cc1. The molecule has 2 heterocycles. The Kier molecular flexibility index (Phi) is 7.76. The Morgan fingerprint density at radius 1 is 1.23 bits per heavy atom. The van der Waals surface area contributed by atoms with Crippen molar-refractivity contribution in [3.63, 3.8) is 0 Å². The van der Waals surface area contributed by atoms with E-state index in [0.29, 0.717) is 48.5 Å². The minimum absolute atomic E-state index is 0.0878. The smallest absolute Gasteiger partial charge is 0.304 e. The summed E-state index contributed by atoms with van der Waals surface area (Å²) in [7, 11) is 0. The Hall–Kier alpha value is -4.40. The number of carbonyl (C=O) groups is 1. The number of rotatable bonds is 8. The summed E-state index contributed by atoms with van der Waals surface area (Å²) in [6, 6.07) is 14.1. The van der Waals surface area contributed by atoms with E-state index in [1.54, 1.807) is 49.5 Å². The van der Waals surface area contributed by atoms with Gasteiger partial charge in [0.15, 0.2) is 0 Å². The molecule has 8 heteroatoms. The molecule has 2 unspecified atom stereocenters. The van der Waals surface area contributed by atoms with E-state index >= 15 is 4.39 Å². The first kappa shape index (κ1) is 26.2. The van der Waals surface area contributed by atoms with Crippen molar-refractivity contribution in [1.29, 1.82) is 5.26 Å². The van der Waals surface area contributed by atoms with Crippen LogP contribution in [0.5, 0.6) is 11.6 Å². The standard InChI is InChI=1S/C31H27FN2O5/c1-2-3-20(15-29(35)36)19-4-6-23(7-5-19)38-28-11-9-26-25(8-10-27(32)30(26)28)22-14-21(16-33)31(34-17-22)39-24-12-13-37-18-24/h4-8,10,14,17,20,24,28H,9,11-13,15,18H2,1H3,(H,35,36)/t20?,24?,28-/m1/s1. The first-order valence-electron chi connectivity index (χ1n) is 12.8. The van der Waals surface area contributed by atoms with Crippen molar-refractivity contribution >= 4 is 5.97 Å². The molecule has 198 valence electrons. The van der Waals surface area contributed by atoms with Gasteiger partial charge >= 0.3 is 5.97 Å². The van der Waals surface area contributed by atoms with Gasteiger partial charge < -0.3 is 19.3 Å². The molecule has 1 fully saturated rings. The lowest BCUT2D eigenvalue weighted by molar-refractivity contribution is -0.137. The van der Waals surface area contributed by atoms with Crippen molar-refractivity contribution in [2.45, 2.75) is 50.7 Å². The highest BCUT2D eigenvalue weighted by molar-refractivity contribution is 5.71. The zero-order valence-corrected chi connectivity index (χ0v) is 21.4. The number of ether oxygens (including phenoxy) is 3. The van der Waals surface area contributed by atoms with Crippen LogP contribution >= 0.6 is 0 Å². The average molecular weight is 527 g/mol. The number of nitriles is 1. The first-order chi connectivity index (χ1) is 19.0. The van der Waals surface area contributed by atoms with E-state index in [1.807, 2.05) is 0 Å². The number of aromatic nitrogens is 1. The van der Waals surface area contributed by atoms with Crippen LogP contribution in [0.15, 0.2) is 48.7 Å². The normalized spacial score (nSPS) is 18.4. The van der Waals surface area contributed by atoms with E-state index in [2.05, 4.69) is 22.9 Å².